The Labute approximate surface area is 108 Å². The third-order valence-electron chi connectivity index (χ3n) is 1.35. The summed E-state index contributed by atoms with van der Waals surface area (Å²) in [4.78, 5) is 1.94. The van der Waals surface area contributed by atoms with E-state index in [4.69, 9.17) is 29.6 Å². The van der Waals surface area contributed by atoms with Crippen molar-refractivity contribution in [3.05, 3.63) is 0 Å². The number of thiocarbonyl (C=S) groups is 1. The Kier molecular flexibility index (Phi) is 13.1. The molecule has 0 aliphatic carbocycles. The van der Waals surface area contributed by atoms with Gasteiger partial charge in [-0.1, -0.05) is 4.32 Å². The van der Waals surface area contributed by atoms with Crippen LogP contribution in [0.1, 0.15) is 13.8 Å². The molecule has 0 aromatic rings. The summed E-state index contributed by atoms with van der Waals surface area (Å²) < 4.78 is 5.70. The molecule has 0 aromatic heterocycles. The van der Waals surface area contributed by atoms with Crippen LogP contribution < -0.4 is 29.6 Å². The van der Waals surface area contributed by atoms with Crippen molar-refractivity contribution in [3.63, 3.8) is 0 Å². The van der Waals surface area contributed by atoms with Gasteiger partial charge in [-0.15, -0.1) is 0 Å². The quantitative estimate of drug-likeness (QED) is 0.232. The number of likely N-dealkylation sites (N-methyl/N-ethyl adjacent to an activating group) is 1. The van der Waals surface area contributed by atoms with E-state index in [2.05, 4.69) is 0 Å². The maximum atomic E-state index is 5.17. The van der Waals surface area contributed by atoms with E-state index in [1.54, 1.807) is 0 Å². The molecule has 5 heteroatoms. The summed E-state index contributed by atoms with van der Waals surface area (Å²) in [5.74, 6) is 0. The van der Waals surface area contributed by atoms with Crippen molar-refractivity contribution < 1.29 is 34.3 Å². The molecule has 0 rings (SSSR count). The molecule has 0 N–H and O–H groups in total. The molecule has 0 atom stereocenters. The van der Waals surface area contributed by atoms with Crippen molar-refractivity contribution in [1.29, 1.82) is 0 Å². The molecule has 0 radical (unpaired) electrons. The number of hydrogen-bond donors (Lipinski definition) is 0. The Bertz CT molecular complexity index is 124. The summed E-state index contributed by atoms with van der Waals surface area (Å²) in [6, 6.07) is 0. The third-order valence-corrected chi connectivity index (χ3v) is 1.87. The molecule has 0 bridgehead atoms. The number of ether oxygens (including phenoxy) is 1. The van der Waals surface area contributed by atoms with Crippen molar-refractivity contribution in [1.82, 2.24) is 4.90 Å². The topological polar surface area (TPSA) is 12.5 Å². The standard InChI is InChI=1S/C7H15NOS2.Na/c1-3-8(7(10)11)5-6-9-4-2;/h3-6H2,1-2H3,(H,10,11);/q;+1/p-1. The van der Waals surface area contributed by atoms with Crippen LogP contribution >= 0.6 is 12.2 Å². The van der Waals surface area contributed by atoms with Crippen molar-refractivity contribution in [2.45, 2.75) is 13.8 Å². The molecule has 0 saturated heterocycles. The predicted molar refractivity (Wildman–Crippen MR) is 53.7 cm³/mol. The van der Waals surface area contributed by atoms with Gasteiger partial charge < -0.3 is 34.5 Å². The summed E-state index contributed by atoms with van der Waals surface area (Å²) in [5, 5.41) is 0. The first-order valence-corrected chi connectivity index (χ1v) is 4.57. The fraction of sp³-hybridized carbons (Fsp3) is 0.857. The van der Waals surface area contributed by atoms with E-state index in [9.17, 15) is 0 Å². The van der Waals surface area contributed by atoms with Gasteiger partial charge >= 0.3 is 29.6 Å². The minimum atomic E-state index is 0. The zero-order valence-electron chi connectivity index (χ0n) is 8.00. The fourth-order valence-electron chi connectivity index (χ4n) is 0.698. The van der Waals surface area contributed by atoms with Gasteiger partial charge in [-0.05, 0) is 13.8 Å². The van der Waals surface area contributed by atoms with E-state index in [1.165, 1.54) is 0 Å². The molecule has 66 valence electrons. The number of rotatable bonds is 5. The molecular formula is C7H14NNaOS2. The minimum absolute atomic E-state index is 0. The van der Waals surface area contributed by atoms with E-state index in [0.29, 0.717) is 10.9 Å². The molecule has 2 nitrogen and oxygen atoms in total. The van der Waals surface area contributed by atoms with Gasteiger partial charge in [0.2, 0.25) is 0 Å². The van der Waals surface area contributed by atoms with Gasteiger partial charge in [0.15, 0.2) is 0 Å². The van der Waals surface area contributed by atoms with Crippen molar-refractivity contribution in [2.75, 3.05) is 26.3 Å². The Morgan fingerprint density at radius 1 is 1.50 bits per heavy atom. The Hall–Kier alpha value is 1.07. The second kappa shape index (κ2) is 10.2. The van der Waals surface area contributed by atoms with Crippen LogP contribution in [-0.2, 0) is 17.4 Å². The first kappa shape index (κ1) is 15.5. The third kappa shape index (κ3) is 7.71. The van der Waals surface area contributed by atoms with E-state index in [0.717, 1.165) is 19.7 Å². The first-order valence-electron chi connectivity index (χ1n) is 3.76. The van der Waals surface area contributed by atoms with Gasteiger partial charge in [0, 0.05) is 19.7 Å². The van der Waals surface area contributed by atoms with Crippen LogP contribution in [0.15, 0.2) is 0 Å². The predicted octanol–water partition coefficient (Wildman–Crippen LogP) is -1.82. The van der Waals surface area contributed by atoms with Gasteiger partial charge in [0.1, 0.15) is 0 Å². The maximum absolute atomic E-state index is 5.17. The van der Waals surface area contributed by atoms with Crippen molar-refractivity contribution in [3.8, 4) is 0 Å². The van der Waals surface area contributed by atoms with Crippen molar-refractivity contribution >= 4 is 29.2 Å². The van der Waals surface area contributed by atoms with Gasteiger partial charge in [-0.3, -0.25) is 0 Å². The average Bonchev–Trinajstić information content (AvgIpc) is 1.97. The van der Waals surface area contributed by atoms with Crippen LogP contribution in [0, 0.1) is 0 Å². The maximum Gasteiger partial charge on any atom is 1.00 e. The van der Waals surface area contributed by atoms with E-state index < -0.39 is 0 Å². The molecule has 0 aromatic carbocycles. The average molecular weight is 215 g/mol. The molecular weight excluding hydrogens is 201 g/mol. The second-order valence-electron chi connectivity index (χ2n) is 2.04. The molecule has 0 amide bonds. The fourth-order valence-corrected chi connectivity index (χ4v) is 1.14. The molecule has 0 saturated carbocycles. The smallest absolute Gasteiger partial charge is 0.411 e. The van der Waals surface area contributed by atoms with Crippen molar-refractivity contribution in [2.24, 2.45) is 0 Å². The molecule has 0 aliphatic heterocycles. The van der Waals surface area contributed by atoms with Crippen LogP contribution in [0.5, 0.6) is 0 Å². The molecule has 0 fully saturated rings. The first-order chi connectivity index (χ1) is 5.22. The van der Waals surface area contributed by atoms with Crippen LogP contribution in [-0.4, -0.2) is 35.5 Å². The molecule has 0 unspecified atom stereocenters. The second-order valence-corrected chi connectivity index (χ2v) is 3.07. The van der Waals surface area contributed by atoms with Crippen LogP contribution in [0.3, 0.4) is 0 Å². The Morgan fingerprint density at radius 2 is 2.08 bits per heavy atom. The summed E-state index contributed by atoms with van der Waals surface area (Å²) in [6.07, 6.45) is 0. The summed E-state index contributed by atoms with van der Waals surface area (Å²) in [5.41, 5.74) is 0. The van der Waals surface area contributed by atoms with Crippen LogP contribution in [0.2, 0.25) is 0 Å². The van der Waals surface area contributed by atoms with Gasteiger partial charge in [-0.2, -0.15) is 0 Å². The Balaban J connectivity index is 0. The largest absolute Gasteiger partial charge is 1.00 e. The number of nitrogens with zero attached hydrogens (tertiary/aromatic N) is 1. The minimum Gasteiger partial charge on any atom is -0.411 e. The zero-order valence-corrected chi connectivity index (χ0v) is 11.6. The Morgan fingerprint density at radius 3 is 2.42 bits per heavy atom. The summed E-state index contributed by atoms with van der Waals surface area (Å²) in [7, 11) is 0. The SMILES string of the molecule is CCOCCN(CC)C(=S)[S-].[Na+]. The zero-order chi connectivity index (χ0) is 8.69. The molecule has 0 spiro atoms. The van der Waals surface area contributed by atoms with Crippen LogP contribution in [0.4, 0.5) is 0 Å². The molecule has 12 heavy (non-hydrogen) atoms. The molecule has 0 heterocycles. The van der Waals surface area contributed by atoms with E-state index >= 15 is 0 Å². The van der Waals surface area contributed by atoms with Gasteiger partial charge in [-0.25, -0.2) is 0 Å². The van der Waals surface area contributed by atoms with Gasteiger partial charge in [0.25, 0.3) is 0 Å². The monoisotopic (exact) mass is 215 g/mol. The van der Waals surface area contributed by atoms with E-state index in [1.807, 2.05) is 18.7 Å². The van der Waals surface area contributed by atoms with E-state index in [-0.39, 0.29) is 29.6 Å². The molecule has 0 aliphatic rings. The van der Waals surface area contributed by atoms with Gasteiger partial charge in [0.05, 0.1) is 6.61 Å². The number of hydrogen-bond acceptors (Lipinski definition) is 3. The normalized spacial score (nSPS) is 8.83. The summed E-state index contributed by atoms with van der Waals surface area (Å²) >= 11 is 9.70. The van der Waals surface area contributed by atoms with Crippen LogP contribution in [0.25, 0.3) is 0 Å². The summed E-state index contributed by atoms with van der Waals surface area (Å²) in [6.45, 7) is 7.15.